The van der Waals surface area contributed by atoms with Crippen LogP contribution in [0, 0.1) is 12.8 Å². The van der Waals surface area contributed by atoms with Crippen LogP contribution in [0.1, 0.15) is 72.6 Å². The first-order valence-corrected chi connectivity index (χ1v) is 14.8. The third kappa shape index (κ3) is 4.84. The third-order valence-electron chi connectivity index (χ3n) is 8.22. The number of carbonyl (C=O) groups is 1. The van der Waals surface area contributed by atoms with E-state index in [1.54, 1.807) is 0 Å². The fourth-order valence-electron chi connectivity index (χ4n) is 5.95. The molecule has 41 heavy (non-hydrogen) atoms. The van der Waals surface area contributed by atoms with Crippen LogP contribution < -0.4 is 15.0 Å². The molecule has 0 aromatic heterocycles. The van der Waals surface area contributed by atoms with E-state index in [9.17, 15) is 4.79 Å². The number of hydrogen-bond donors (Lipinski definition) is 1. The van der Waals surface area contributed by atoms with E-state index >= 15 is 0 Å². The Labute approximate surface area is 243 Å². The van der Waals surface area contributed by atoms with Gasteiger partial charge in [0, 0.05) is 52.9 Å². The van der Waals surface area contributed by atoms with Crippen molar-refractivity contribution in [2.24, 2.45) is 5.92 Å². The third-order valence-corrected chi connectivity index (χ3v) is 8.22. The molecule has 5 heteroatoms. The average Bonchev–Trinajstić information content (AvgIpc) is 3.27. The van der Waals surface area contributed by atoms with Gasteiger partial charge in [0.1, 0.15) is 11.5 Å². The van der Waals surface area contributed by atoms with E-state index in [-0.39, 0.29) is 5.97 Å². The van der Waals surface area contributed by atoms with E-state index in [0.717, 1.165) is 77.4 Å². The number of carbonyl (C=O) groups excluding carboxylic acids is 1. The summed E-state index contributed by atoms with van der Waals surface area (Å²) in [6.45, 7) is 10.8. The number of hydrogen-bond acceptors (Lipinski definition) is 5. The maximum Gasteiger partial charge on any atom is 0.340 e. The first kappa shape index (κ1) is 26.9. The Morgan fingerprint density at radius 2 is 1.61 bits per heavy atom. The maximum atomic E-state index is 13.4. The molecular weight excluding hydrogens is 508 g/mol. The van der Waals surface area contributed by atoms with Gasteiger partial charge < -0.3 is 19.7 Å². The van der Waals surface area contributed by atoms with Crippen LogP contribution in [-0.4, -0.2) is 19.1 Å². The van der Waals surface area contributed by atoms with Gasteiger partial charge in [0.25, 0.3) is 0 Å². The van der Waals surface area contributed by atoms with Crippen molar-refractivity contribution in [2.45, 2.75) is 52.6 Å². The molecule has 1 unspecified atom stereocenters. The van der Waals surface area contributed by atoms with Gasteiger partial charge in [0.15, 0.2) is 5.60 Å². The quantitative estimate of drug-likeness (QED) is 0.212. The lowest BCUT2D eigenvalue weighted by Gasteiger charge is -2.38. The molecule has 0 saturated carbocycles. The summed E-state index contributed by atoms with van der Waals surface area (Å²) >= 11 is 0. The molecule has 6 rings (SSSR count). The zero-order chi connectivity index (χ0) is 28.6. The molecule has 5 nitrogen and oxygen atoms in total. The van der Waals surface area contributed by atoms with Gasteiger partial charge in [-0.15, -0.1) is 0 Å². The molecule has 1 atom stereocenters. The highest BCUT2D eigenvalue weighted by atomic mass is 16.6. The number of nitrogens with one attached hydrogen (secondary N) is 1. The van der Waals surface area contributed by atoms with Crippen molar-refractivity contribution in [2.75, 3.05) is 23.3 Å². The lowest BCUT2D eigenvalue weighted by molar-refractivity contribution is 0.0224. The SMILES string of the molecule is CCCCN(CCC(C)C)c1ccc2c(c1)Oc1cc(C)c(Nc3ccccc3)cc1C21OC(=O)c2ccccc21. The van der Waals surface area contributed by atoms with Crippen molar-refractivity contribution in [3.63, 3.8) is 0 Å². The van der Waals surface area contributed by atoms with Gasteiger partial charge in [0.05, 0.1) is 5.56 Å². The second kappa shape index (κ2) is 11.0. The molecule has 1 spiro atoms. The number of ether oxygens (including phenoxy) is 2. The second-order valence-electron chi connectivity index (χ2n) is 11.6. The maximum absolute atomic E-state index is 13.4. The minimum Gasteiger partial charge on any atom is -0.456 e. The molecule has 0 saturated heterocycles. The summed E-state index contributed by atoms with van der Waals surface area (Å²) in [6.07, 6.45) is 3.39. The number of para-hydroxylation sites is 1. The number of unbranched alkanes of at least 4 members (excludes halogenated alkanes) is 1. The van der Waals surface area contributed by atoms with E-state index in [2.05, 4.69) is 68.2 Å². The van der Waals surface area contributed by atoms with E-state index in [1.807, 2.05) is 54.6 Å². The number of fused-ring (bicyclic) bond motifs is 6. The van der Waals surface area contributed by atoms with Crippen LogP contribution in [0.4, 0.5) is 17.1 Å². The first-order valence-electron chi connectivity index (χ1n) is 14.8. The lowest BCUT2D eigenvalue weighted by atomic mass is 9.77. The van der Waals surface area contributed by atoms with Gasteiger partial charge in [0.2, 0.25) is 0 Å². The topological polar surface area (TPSA) is 50.8 Å². The van der Waals surface area contributed by atoms with Gasteiger partial charge in [-0.25, -0.2) is 4.79 Å². The Bertz CT molecular complexity index is 1580. The fourth-order valence-corrected chi connectivity index (χ4v) is 5.95. The molecule has 2 heterocycles. The average molecular weight is 547 g/mol. The largest absolute Gasteiger partial charge is 0.456 e. The molecule has 0 amide bonds. The van der Waals surface area contributed by atoms with Gasteiger partial charge in [-0.1, -0.05) is 63.6 Å². The lowest BCUT2D eigenvalue weighted by Crippen LogP contribution is -2.33. The van der Waals surface area contributed by atoms with E-state index in [1.165, 1.54) is 0 Å². The van der Waals surface area contributed by atoms with Crippen LogP contribution in [0.2, 0.25) is 0 Å². The van der Waals surface area contributed by atoms with E-state index < -0.39 is 5.60 Å². The molecule has 0 aliphatic carbocycles. The van der Waals surface area contributed by atoms with Gasteiger partial charge in [-0.05, 0) is 73.7 Å². The Kier molecular flexibility index (Phi) is 7.21. The Morgan fingerprint density at radius 1 is 0.854 bits per heavy atom. The molecule has 4 aromatic rings. The standard InChI is InChI=1S/C36H38N2O3/c1-5-6-19-38(20-18-24(2)3)27-16-17-30-34(22-27)40-33-21-25(4)32(37-26-12-8-7-9-13-26)23-31(33)36(30)29-15-11-10-14-28(29)35(39)41-36/h7-17,21-24,37H,5-6,18-20H2,1-4H3. The number of anilines is 3. The second-order valence-corrected chi connectivity index (χ2v) is 11.6. The highest BCUT2D eigenvalue weighted by molar-refractivity contribution is 5.97. The summed E-state index contributed by atoms with van der Waals surface area (Å²) in [7, 11) is 0. The van der Waals surface area contributed by atoms with Crippen LogP contribution in [0.15, 0.2) is 84.9 Å². The number of nitrogens with zero attached hydrogens (tertiary/aromatic N) is 1. The minimum absolute atomic E-state index is 0.317. The summed E-state index contributed by atoms with van der Waals surface area (Å²) in [4.78, 5) is 15.8. The highest BCUT2D eigenvalue weighted by Gasteiger charge is 2.53. The molecule has 1 N–H and O–H groups in total. The predicted octanol–water partition coefficient (Wildman–Crippen LogP) is 8.96. The summed E-state index contributed by atoms with van der Waals surface area (Å²) in [5.41, 5.74) is 6.12. The van der Waals surface area contributed by atoms with Crippen molar-refractivity contribution in [3.05, 3.63) is 113 Å². The number of esters is 1. The van der Waals surface area contributed by atoms with Crippen LogP contribution in [0.3, 0.4) is 0 Å². The molecule has 210 valence electrons. The zero-order valence-electron chi connectivity index (χ0n) is 24.4. The van der Waals surface area contributed by atoms with Crippen LogP contribution in [0.5, 0.6) is 11.5 Å². The Morgan fingerprint density at radius 3 is 2.39 bits per heavy atom. The van der Waals surface area contributed by atoms with Crippen molar-refractivity contribution in [1.82, 2.24) is 0 Å². The zero-order valence-corrected chi connectivity index (χ0v) is 24.4. The number of rotatable bonds is 9. The van der Waals surface area contributed by atoms with Crippen molar-refractivity contribution in [1.29, 1.82) is 0 Å². The first-order chi connectivity index (χ1) is 19.9. The molecule has 2 aliphatic heterocycles. The molecule has 0 fully saturated rings. The van der Waals surface area contributed by atoms with Crippen molar-refractivity contribution >= 4 is 23.0 Å². The molecule has 4 aromatic carbocycles. The Balaban J connectivity index is 1.50. The number of aryl methyl sites for hydroxylation is 1. The normalized spacial score (nSPS) is 16.6. The van der Waals surface area contributed by atoms with E-state index in [0.29, 0.717) is 17.2 Å². The van der Waals surface area contributed by atoms with Crippen LogP contribution in [-0.2, 0) is 10.3 Å². The van der Waals surface area contributed by atoms with Crippen molar-refractivity contribution < 1.29 is 14.3 Å². The molecule has 0 bridgehead atoms. The van der Waals surface area contributed by atoms with Crippen LogP contribution >= 0.6 is 0 Å². The fraction of sp³-hybridized carbons (Fsp3) is 0.306. The monoisotopic (exact) mass is 546 g/mol. The van der Waals surface area contributed by atoms with E-state index in [4.69, 9.17) is 9.47 Å². The summed E-state index contributed by atoms with van der Waals surface area (Å²) < 4.78 is 13.1. The summed E-state index contributed by atoms with van der Waals surface area (Å²) in [5, 5.41) is 3.55. The predicted molar refractivity (Wildman–Crippen MR) is 166 cm³/mol. The van der Waals surface area contributed by atoms with Gasteiger partial charge >= 0.3 is 5.97 Å². The smallest absolute Gasteiger partial charge is 0.340 e. The molecule has 0 radical (unpaired) electrons. The minimum atomic E-state index is -1.10. The van der Waals surface area contributed by atoms with Crippen molar-refractivity contribution in [3.8, 4) is 11.5 Å². The summed E-state index contributed by atoms with van der Waals surface area (Å²) in [6, 6.07) is 28.4. The Hall–Kier alpha value is -4.25. The summed E-state index contributed by atoms with van der Waals surface area (Å²) in [5.74, 6) is 1.74. The molecular formula is C36H38N2O3. The number of benzene rings is 4. The van der Waals surface area contributed by atoms with Gasteiger partial charge in [-0.3, -0.25) is 0 Å². The van der Waals surface area contributed by atoms with Crippen LogP contribution in [0.25, 0.3) is 0 Å². The van der Waals surface area contributed by atoms with Gasteiger partial charge in [-0.2, -0.15) is 0 Å². The molecule has 2 aliphatic rings. The highest BCUT2D eigenvalue weighted by Crippen LogP contribution is 2.57.